The summed E-state index contributed by atoms with van der Waals surface area (Å²) in [6.45, 7) is 0. The van der Waals surface area contributed by atoms with E-state index in [1.807, 2.05) is 30.3 Å². The summed E-state index contributed by atoms with van der Waals surface area (Å²) in [6, 6.07) is 17.8. The first-order valence-corrected chi connectivity index (χ1v) is 10.6. The van der Waals surface area contributed by atoms with Gasteiger partial charge in [0, 0.05) is 23.8 Å². The van der Waals surface area contributed by atoms with Gasteiger partial charge in [0.15, 0.2) is 0 Å². The Hall–Kier alpha value is -3.87. The number of rotatable bonds is 10. The first kappa shape index (κ1) is 22.8. The number of anilines is 1. The molecule has 0 radical (unpaired) electrons. The van der Waals surface area contributed by atoms with E-state index in [2.05, 4.69) is 15.8 Å². The van der Waals surface area contributed by atoms with Gasteiger partial charge in [0.25, 0.3) is 0 Å². The lowest BCUT2D eigenvalue weighted by Crippen LogP contribution is -2.17. The number of aromatic hydroxyl groups is 2. The van der Waals surface area contributed by atoms with Crippen LogP contribution in [0.25, 0.3) is 10.8 Å². The van der Waals surface area contributed by atoms with Crippen LogP contribution >= 0.6 is 0 Å². The SMILES string of the molecule is O=C(CCCCCCC(=O)Nc1ccccc1O)N/N=C/c1ccc2ccccc2c1O. The number of hydrazone groups is 1. The van der Waals surface area contributed by atoms with Gasteiger partial charge >= 0.3 is 0 Å². The van der Waals surface area contributed by atoms with Crippen molar-refractivity contribution >= 4 is 34.5 Å². The Bertz CT molecular complexity index is 1110. The quantitative estimate of drug-likeness (QED) is 0.161. The molecule has 0 saturated carbocycles. The van der Waals surface area contributed by atoms with Gasteiger partial charge in [-0.3, -0.25) is 9.59 Å². The minimum absolute atomic E-state index is 0.0466. The fourth-order valence-electron chi connectivity index (χ4n) is 3.32. The van der Waals surface area contributed by atoms with Crippen LogP contribution < -0.4 is 10.7 Å². The number of hydrogen-bond acceptors (Lipinski definition) is 5. The van der Waals surface area contributed by atoms with Gasteiger partial charge in [0.05, 0.1) is 11.9 Å². The standard InChI is InChI=1S/C25H27N3O4/c29-22-12-8-7-11-21(22)27-23(30)13-3-1-2-4-14-24(31)28-26-17-19-16-15-18-9-5-6-10-20(18)25(19)32/h5-12,15-17,29,32H,1-4,13-14H2,(H,27,30)(H,28,31)/b26-17+. The van der Waals surface area contributed by atoms with E-state index in [9.17, 15) is 19.8 Å². The highest BCUT2D eigenvalue weighted by Crippen LogP contribution is 2.27. The van der Waals surface area contributed by atoms with Crippen molar-refractivity contribution in [3.63, 3.8) is 0 Å². The van der Waals surface area contributed by atoms with Crippen molar-refractivity contribution < 1.29 is 19.8 Å². The normalized spacial score (nSPS) is 11.0. The van der Waals surface area contributed by atoms with Gasteiger partial charge in [-0.25, -0.2) is 5.43 Å². The average molecular weight is 434 g/mol. The van der Waals surface area contributed by atoms with Gasteiger partial charge in [-0.2, -0.15) is 5.10 Å². The molecule has 0 saturated heterocycles. The number of carbonyl (C=O) groups is 2. The number of fused-ring (bicyclic) bond motifs is 1. The molecule has 0 atom stereocenters. The summed E-state index contributed by atoms with van der Waals surface area (Å²) >= 11 is 0. The van der Waals surface area contributed by atoms with Crippen molar-refractivity contribution in [3.05, 3.63) is 66.2 Å². The van der Waals surface area contributed by atoms with E-state index in [4.69, 9.17) is 0 Å². The molecule has 0 heterocycles. The minimum Gasteiger partial charge on any atom is -0.507 e. The summed E-state index contributed by atoms with van der Waals surface area (Å²) in [7, 11) is 0. The summed E-state index contributed by atoms with van der Waals surface area (Å²) < 4.78 is 0. The fraction of sp³-hybridized carbons (Fsp3) is 0.240. The molecule has 3 rings (SSSR count). The highest BCUT2D eigenvalue weighted by Gasteiger charge is 2.06. The number of amides is 2. The van der Waals surface area contributed by atoms with E-state index in [0.29, 0.717) is 36.9 Å². The van der Waals surface area contributed by atoms with E-state index in [1.54, 1.807) is 24.3 Å². The van der Waals surface area contributed by atoms with Crippen LogP contribution in [0.5, 0.6) is 11.5 Å². The van der Waals surface area contributed by atoms with Crippen LogP contribution in [0.2, 0.25) is 0 Å². The molecule has 7 heteroatoms. The molecule has 0 bridgehead atoms. The zero-order chi connectivity index (χ0) is 22.8. The second-order valence-electron chi connectivity index (χ2n) is 7.50. The van der Waals surface area contributed by atoms with Gasteiger partial charge in [-0.05, 0) is 36.4 Å². The first-order valence-electron chi connectivity index (χ1n) is 10.6. The van der Waals surface area contributed by atoms with Crippen molar-refractivity contribution in [1.29, 1.82) is 0 Å². The Morgan fingerprint density at radius 2 is 1.50 bits per heavy atom. The number of phenolic OH excluding ortho intramolecular Hbond substituents is 2. The van der Waals surface area contributed by atoms with Crippen LogP contribution in [0.3, 0.4) is 0 Å². The molecule has 3 aromatic rings. The molecule has 32 heavy (non-hydrogen) atoms. The molecule has 0 fully saturated rings. The van der Waals surface area contributed by atoms with Crippen LogP contribution in [0.1, 0.15) is 44.1 Å². The second kappa shape index (κ2) is 11.5. The summed E-state index contributed by atoms with van der Waals surface area (Å²) in [4.78, 5) is 23.8. The van der Waals surface area contributed by atoms with Crippen LogP contribution in [-0.4, -0.2) is 28.2 Å². The number of nitrogens with one attached hydrogen (secondary N) is 2. The number of unbranched alkanes of at least 4 members (excludes halogenated alkanes) is 3. The van der Waals surface area contributed by atoms with Crippen LogP contribution in [-0.2, 0) is 9.59 Å². The van der Waals surface area contributed by atoms with E-state index >= 15 is 0 Å². The molecule has 3 aromatic carbocycles. The minimum atomic E-state index is -0.196. The third-order valence-corrected chi connectivity index (χ3v) is 5.06. The number of nitrogens with zero attached hydrogens (tertiary/aromatic N) is 1. The highest BCUT2D eigenvalue weighted by molar-refractivity contribution is 5.97. The molecule has 166 valence electrons. The van der Waals surface area contributed by atoms with E-state index in [0.717, 1.165) is 23.6 Å². The zero-order valence-corrected chi connectivity index (χ0v) is 17.8. The third kappa shape index (κ3) is 6.57. The lowest BCUT2D eigenvalue weighted by Gasteiger charge is -2.07. The summed E-state index contributed by atoms with van der Waals surface area (Å²) in [6.07, 6.45) is 5.19. The number of phenols is 2. The van der Waals surface area contributed by atoms with Crippen LogP contribution in [0, 0.1) is 0 Å². The largest absolute Gasteiger partial charge is 0.507 e. The number of hydrogen-bond donors (Lipinski definition) is 4. The Balaban J connectivity index is 1.31. The van der Waals surface area contributed by atoms with Crippen molar-refractivity contribution in [2.24, 2.45) is 5.10 Å². The topological polar surface area (TPSA) is 111 Å². The van der Waals surface area contributed by atoms with Crippen molar-refractivity contribution in [2.45, 2.75) is 38.5 Å². The second-order valence-corrected chi connectivity index (χ2v) is 7.50. The predicted octanol–water partition coefficient (Wildman–Crippen LogP) is 4.68. The summed E-state index contributed by atoms with van der Waals surface area (Å²) in [5.41, 5.74) is 3.42. The van der Waals surface area contributed by atoms with Gasteiger partial charge in [-0.15, -0.1) is 0 Å². The summed E-state index contributed by atoms with van der Waals surface area (Å²) in [5, 5.41) is 28.3. The third-order valence-electron chi connectivity index (χ3n) is 5.06. The van der Waals surface area contributed by atoms with Gasteiger partial charge in [-0.1, -0.05) is 55.3 Å². The smallest absolute Gasteiger partial charge is 0.240 e. The molecule has 2 amide bonds. The number of carbonyl (C=O) groups excluding carboxylic acids is 2. The van der Waals surface area contributed by atoms with Gasteiger partial charge < -0.3 is 15.5 Å². The molecule has 4 N–H and O–H groups in total. The maximum atomic E-state index is 11.9. The van der Waals surface area contributed by atoms with Gasteiger partial charge in [0.2, 0.25) is 11.8 Å². The molecular formula is C25H27N3O4. The molecule has 0 aliphatic carbocycles. The maximum Gasteiger partial charge on any atom is 0.240 e. The Labute approximate surface area is 186 Å². The van der Waals surface area contributed by atoms with Crippen molar-refractivity contribution in [3.8, 4) is 11.5 Å². The highest BCUT2D eigenvalue weighted by atomic mass is 16.3. The molecular weight excluding hydrogens is 406 g/mol. The molecule has 7 nitrogen and oxygen atoms in total. The molecule has 0 aliphatic rings. The Kier molecular flexibility index (Phi) is 8.20. The van der Waals surface area contributed by atoms with Gasteiger partial charge in [0.1, 0.15) is 11.5 Å². The van der Waals surface area contributed by atoms with E-state index in [1.165, 1.54) is 12.3 Å². The van der Waals surface area contributed by atoms with Crippen LogP contribution in [0.15, 0.2) is 65.8 Å². The molecule has 0 aliphatic heterocycles. The Morgan fingerprint density at radius 1 is 0.812 bits per heavy atom. The van der Waals surface area contributed by atoms with E-state index < -0.39 is 0 Å². The summed E-state index contributed by atoms with van der Waals surface area (Å²) in [5.74, 6) is -0.160. The number of benzene rings is 3. The monoisotopic (exact) mass is 433 g/mol. The lowest BCUT2D eigenvalue weighted by atomic mass is 10.1. The first-order chi connectivity index (χ1) is 15.5. The van der Waals surface area contributed by atoms with Crippen molar-refractivity contribution in [2.75, 3.05) is 5.32 Å². The van der Waals surface area contributed by atoms with E-state index in [-0.39, 0.29) is 23.3 Å². The molecule has 0 spiro atoms. The number of para-hydroxylation sites is 2. The predicted molar refractivity (Wildman–Crippen MR) is 126 cm³/mol. The Morgan fingerprint density at radius 3 is 2.28 bits per heavy atom. The van der Waals surface area contributed by atoms with Crippen LogP contribution in [0.4, 0.5) is 5.69 Å². The van der Waals surface area contributed by atoms with Crippen molar-refractivity contribution in [1.82, 2.24) is 5.43 Å². The maximum absolute atomic E-state index is 11.9. The molecule has 0 unspecified atom stereocenters. The lowest BCUT2D eigenvalue weighted by molar-refractivity contribution is -0.121. The molecule has 0 aromatic heterocycles. The average Bonchev–Trinajstić information content (AvgIpc) is 2.79. The zero-order valence-electron chi connectivity index (χ0n) is 17.8. The fourth-order valence-corrected chi connectivity index (χ4v) is 3.32.